The van der Waals surface area contributed by atoms with Crippen molar-refractivity contribution >= 4 is 47.0 Å². The molecular formula is C6H14F6ISb. The van der Waals surface area contributed by atoms with Crippen molar-refractivity contribution < 1.29 is 28.2 Å². The number of rotatable bonds is 0. The van der Waals surface area contributed by atoms with Crippen LogP contribution in [0, 0.1) is 3.57 Å². The van der Waals surface area contributed by atoms with Gasteiger partial charge in [0.05, 0.1) is 0 Å². The van der Waals surface area contributed by atoms with Gasteiger partial charge in [0.1, 0.15) is 0 Å². The van der Waals surface area contributed by atoms with Gasteiger partial charge in [-0.15, -0.1) is 0 Å². The van der Waals surface area contributed by atoms with Crippen molar-refractivity contribution in [3.8, 4) is 0 Å². The van der Waals surface area contributed by atoms with Crippen LogP contribution >= 0.6 is 22.6 Å². The van der Waals surface area contributed by atoms with Crippen molar-refractivity contribution in [3.05, 3.63) is 33.9 Å². The van der Waals surface area contributed by atoms with E-state index >= 15 is 0 Å². The maximum atomic E-state index is 2.28. The molecule has 0 saturated heterocycles. The van der Waals surface area contributed by atoms with Crippen LogP contribution in [0.5, 0.6) is 0 Å². The first kappa shape index (κ1) is 47.3. The maximum absolute atomic E-state index is 2.28. The van der Waals surface area contributed by atoms with Gasteiger partial charge < -0.3 is 0 Å². The van der Waals surface area contributed by atoms with E-state index in [9.17, 15) is 0 Å². The summed E-state index contributed by atoms with van der Waals surface area (Å²) in [6.45, 7) is 0. The molecule has 0 aromatic heterocycles. The van der Waals surface area contributed by atoms with Gasteiger partial charge in [0.25, 0.3) is 0 Å². The van der Waals surface area contributed by atoms with Gasteiger partial charge in [-0.25, -0.2) is 0 Å². The fraction of sp³-hybridized carbons (Fsp3) is 0. The summed E-state index contributed by atoms with van der Waals surface area (Å²) < 4.78 is 1.29. The van der Waals surface area contributed by atoms with Gasteiger partial charge >= 0.3 is 24.4 Å². The molecule has 14 heavy (non-hydrogen) atoms. The van der Waals surface area contributed by atoms with Gasteiger partial charge in [-0.2, -0.15) is 0 Å². The van der Waals surface area contributed by atoms with Crippen LogP contribution in [-0.2, 0) is 0 Å². The number of hydrogen-bond acceptors (Lipinski definition) is 0. The van der Waals surface area contributed by atoms with Crippen LogP contribution in [-0.4, -0.2) is 24.4 Å². The molecule has 0 fully saturated rings. The van der Waals surface area contributed by atoms with Crippen LogP contribution in [0.3, 0.4) is 0 Å². The number of halogens is 7. The Kier molecular flexibility index (Phi) is 98.8. The summed E-state index contributed by atoms with van der Waals surface area (Å²) in [5, 5.41) is 0. The normalized spacial score (nSPS) is 4.36. The Bertz CT molecular complexity index is 152. The Hall–Kier alpha value is 0.348. The van der Waals surface area contributed by atoms with Gasteiger partial charge in [0.2, 0.25) is 0 Å². The van der Waals surface area contributed by atoms with E-state index in [1.54, 1.807) is 0 Å². The molecule has 0 N–H and O–H groups in total. The summed E-state index contributed by atoms with van der Waals surface area (Å²) in [5.41, 5.74) is 0. The van der Waals surface area contributed by atoms with Crippen LogP contribution in [0.1, 0.15) is 0 Å². The quantitative estimate of drug-likeness (QED) is 0.324. The van der Waals surface area contributed by atoms with Crippen LogP contribution in [0.25, 0.3) is 0 Å². The van der Waals surface area contributed by atoms with Gasteiger partial charge in [0.15, 0.2) is 0 Å². The number of hydrogen-bond donors (Lipinski definition) is 0. The van der Waals surface area contributed by atoms with E-state index in [1.165, 1.54) is 3.57 Å². The molecule has 0 nitrogen and oxygen atoms in total. The minimum absolute atomic E-state index is 0. The molecule has 1 aromatic carbocycles. The predicted octanol–water partition coefficient (Wildman–Crippen LogP) is 2.02. The van der Waals surface area contributed by atoms with Crippen LogP contribution < -0.4 is 0 Å². The monoisotopic (exact) mass is 448 g/mol. The second-order valence-electron chi connectivity index (χ2n) is 1.30. The summed E-state index contributed by atoms with van der Waals surface area (Å²) in [7, 11) is 0. The third kappa shape index (κ3) is 22.8. The zero-order valence-electron chi connectivity index (χ0n) is 6.92. The molecule has 0 saturated carbocycles. The molecule has 8 heteroatoms. The standard InChI is InChI=1S/C6H5I.6FH.Sb.3H/c7-6-4-2-1-3-5-6;;;;;;;;;;/h1-5H;6*1H;;;;. The summed E-state index contributed by atoms with van der Waals surface area (Å²) in [6.07, 6.45) is 0. The van der Waals surface area contributed by atoms with Crippen molar-refractivity contribution in [2.24, 2.45) is 0 Å². The fourth-order valence-electron chi connectivity index (χ4n) is 0.415. The molecule has 0 heterocycles. The molecule has 0 amide bonds. The van der Waals surface area contributed by atoms with E-state index in [2.05, 4.69) is 34.7 Å². The summed E-state index contributed by atoms with van der Waals surface area (Å²) in [5.74, 6) is 0. The minimum atomic E-state index is 0. The first-order chi connectivity index (χ1) is 3.39. The third-order valence-electron chi connectivity index (χ3n) is 0.733. The molecule has 0 unspecified atom stereocenters. The van der Waals surface area contributed by atoms with Gasteiger partial charge in [-0.3, -0.25) is 28.2 Å². The molecule has 1 aromatic rings. The Labute approximate surface area is 109 Å². The molecule has 1 rings (SSSR count). The Morgan fingerprint density at radius 1 is 0.643 bits per heavy atom. The molecule has 0 aliphatic rings. The molecule has 0 aliphatic heterocycles. The van der Waals surface area contributed by atoms with Crippen molar-refractivity contribution in [3.63, 3.8) is 0 Å². The zero-order chi connectivity index (χ0) is 5.11. The van der Waals surface area contributed by atoms with Crippen LogP contribution in [0.4, 0.5) is 28.2 Å². The summed E-state index contributed by atoms with van der Waals surface area (Å²) >= 11 is 2.28. The average Bonchev–Trinajstić information content (AvgIpc) is 1.69. The van der Waals surface area contributed by atoms with E-state index in [4.69, 9.17) is 0 Å². The first-order valence-corrected chi connectivity index (χ1v) is 3.18. The van der Waals surface area contributed by atoms with Crippen molar-refractivity contribution in [1.29, 1.82) is 0 Å². The zero-order valence-corrected chi connectivity index (χ0v) is 13.1. The van der Waals surface area contributed by atoms with Crippen LogP contribution in [0.15, 0.2) is 30.3 Å². The molecule has 0 atom stereocenters. The van der Waals surface area contributed by atoms with E-state index < -0.39 is 0 Å². The summed E-state index contributed by atoms with van der Waals surface area (Å²) in [6, 6.07) is 10.2. The van der Waals surface area contributed by atoms with Crippen LogP contribution in [0.2, 0.25) is 0 Å². The van der Waals surface area contributed by atoms with Gasteiger partial charge in [0, 0.05) is 3.57 Å². The topological polar surface area (TPSA) is 0 Å². The van der Waals surface area contributed by atoms with E-state index in [1.807, 2.05) is 18.2 Å². The molecule has 0 radical (unpaired) electrons. The number of benzene rings is 1. The van der Waals surface area contributed by atoms with E-state index in [0.29, 0.717) is 0 Å². The molecule has 0 spiro atoms. The van der Waals surface area contributed by atoms with Crippen molar-refractivity contribution in [2.45, 2.75) is 0 Å². The first-order valence-electron chi connectivity index (χ1n) is 2.10. The Balaban J connectivity index is -0.0000000140. The average molecular weight is 449 g/mol. The van der Waals surface area contributed by atoms with Gasteiger partial charge in [-0.1, -0.05) is 18.2 Å². The van der Waals surface area contributed by atoms with E-state index in [-0.39, 0.29) is 52.7 Å². The molecule has 0 bridgehead atoms. The molecular weight excluding hydrogens is 435 g/mol. The van der Waals surface area contributed by atoms with E-state index in [0.717, 1.165) is 0 Å². The predicted molar refractivity (Wildman–Crippen MR) is 64.1 cm³/mol. The van der Waals surface area contributed by atoms with Crippen molar-refractivity contribution in [1.82, 2.24) is 0 Å². The molecule has 92 valence electrons. The van der Waals surface area contributed by atoms with Crippen molar-refractivity contribution in [2.75, 3.05) is 0 Å². The third-order valence-corrected chi connectivity index (χ3v) is 1.45. The van der Waals surface area contributed by atoms with Gasteiger partial charge in [-0.05, 0) is 34.7 Å². The Morgan fingerprint density at radius 2 is 0.929 bits per heavy atom. The second-order valence-corrected chi connectivity index (χ2v) is 2.54. The summed E-state index contributed by atoms with van der Waals surface area (Å²) in [4.78, 5) is 0. The fourth-order valence-corrected chi connectivity index (χ4v) is 0.830. The molecule has 0 aliphatic carbocycles. The Morgan fingerprint density at radius 3 is 1.07 bits per heavy atom. The SMILES string of the molecule is F.F.F.F.F.F.Ic1ccccc1.[SbH3]. The second kappa shape index (κ2) is 29.2.